The van der Waals surface area contributed by atoms with E-state index in [0.29, 0.717) is 10.4 Å². The van der Waals surface area contributed by atoms with Crippen molar-refractivity contribution in [3.05, 3.63) is 28.5 Å². The van der Waals surface area contributed by atoms with E-state index < -0.39 is 5.97 Å². The van der Waals surface area contributed by atoms with E-state index in [1.807, 2.05) is 0 Å². The molecule has 0 unspecified atom stereocenters. The van der Waals surface area contributed by atoms with Gasteiger partial charge in [0.05, 0.1) is 24.2 Å². The molecule has 0 aliphatic heterocycles. The summed E-state index contributed by atoms with van der Waals surface area (Å²) in [4.78, 5) is 12.5. The van der Waals surface area contributed by atoms with Crippen LogP contribution in [-0.4, -0.2) is 13.1 Å². The maximum Gasteiger partial charge on any atom is 0.349 e. The van der Waals surface area contributed by atoms with E-state index in [2.05, 4.69) is 17.9 Å². The number of rotatable bonds is 4. The second-order valence-electron chi connectivity index (χ2n) is 2.52. The van der Waals surface area contributed by atoms with Gasteiger partial charge in [0.15, 0.2) is 0 Å². The van der Waals surface area contributed by atoms with Gasteiger partial charge in [-0.1, -0.05) is 25.3 Å². The van der Waals surface area contributed by atoms with E-state index in [0.717, 1.165) is 11.3 Å². The molecule has 0 atom stereocenters. The molecule has 0 bridgehead atoms. The van der Waals surface area contributed by atoms with Crippen LogP contribution in [0.15, 0.2) is 18.1 Å². The van der Waals surface area contributed by atoms with Crippen molar-refractivity contribution in [2.45, 2.75) is 4.90 Å². The minimum absolute atomic E-state index is 0.0171. The molecular weight excluding hydrogens is 235 g/mol. The van der Waals surface area contributed by atoms with E-state index in [1.165, 1.54) is 13.2 Å². The Morgan fingerprint density at radius 1 is 1.53 bits per heavy atom. The lowest BCUT2D eigenvalue weighted by Gasteiger charge is -1.97. The molecule has 0 fully saturated rings. The second-order valence-corrected chi connectivity index (χ2v) is 4.13. The summed E-state index contributed by atoms with van der Waals surface area (Å²) in [5, 5.41) is 0. The fourth-order valence-corrected chi connectivity index (χ4v) is 2.78. The van der Waals surface area contributed by atoms with Gasteiger partial charge in [-0.2, -0.15) is 3.89 Å². The van der Waals surface area contributed by atoms with Crippen LogP contribution in [0, 0.1) is 0 Å². The maximum absolute atomic E-state index is 12.7. The van der Waals surface area contributed by atoms with Crippen molar-refractivity contribution in [1.82, 2.24) is 0 Å². The predicted molar refractivity (Wildman–Crippen MR) is 62.8 cm³/mol. The van der Waals surface area contributed by atoms with Crippen LogP contribution in [0.1, 0.15) is 20.1 Å². The number of ether oxygens (including phenoxy) is 1. The van der Waals surface area contributed by atoms with Crippen LogP contribution in [0.2, 0.25) is 0 Å². The molecule has 1 aromatic rings. The summed E-state index contributed by atoms with van der Waals surface area (Å²) in [5.41, 5.74) is 0.586. The van der Waals surface area contributed by atoms with Crippen molar-refractivity contribution >= 4 is 41.6 Å². The van der Waals surface area contributed by atoms with Crippen LogP contribution in [0.5, 0.6) is 0 Å². The van der Waals surface area contributed by atoms with Crippen LogP contribution >= 0.6 is 23.5 Å². The van der Waals surface area contributed by atoms with E-state index in [9.17, 15) is 8.68 Å². The van der Waals surface area contributed by atoms with Gasteiger partial charge >= 0.3 is 5.97 Å². The van der Waals surface area contributed by atoms with Gasteiger partial charge < -0.3 is 4.74 Å². The number of methoxy groups -OCH3 is 1. The summed E-state index contributed by atoms with van der Waals surface area (Å²) in [6.07, 6.45) is 3.07. The van der Waals surface area contributed by atoms with Gasteiger partial charge in [0.1, 0.15) is 4.88 Å². The summed E-state index contributed by atoms with van der Waals surface area (Å²) in [6, 6.07) is 0. The van der Waals surface area contributed by atoms with Crippen molar-refractivity contribution in [2.75, 3.05) is 7.11 Å². The van der Waals surface area contributed by atoms with Gasteiger partial charge in [-0.05, 0) is 0 Å². The van der Waals surface area contributed by atoms with Crippen LogP contribution < -0.4 is 0 Å². The van der Waals surface area contributed by atoms with Crippen molar-refractivity contribution in [2.24, 2.45) is 0 Å². The lowest BCUT2D eigenvalue weighted by Crippen LogP contribution is -1.99. The van der Waals surface area contributed by atoms with E-state index in [-0.39, 0.29) is 21.9 Å². The number of hydrogen-bond acceptors (Lipinski definition) is 4. The van der Waals surface area contributed by atoms with E-state index in [1.54, 1.807) is 6.08 Å². The van der Waals surface area contributed by atoms with E-state index >= 15 is 0 Å². The molecule has 15 heavy (non-hydrogen) atoms. The van der Waals surface area contributed by atoms with Gasteiger partial charge in [0, 0.05) is 10.4 Å². The highest BCUT2D eigenvalue weighted by Gasteiger charge is 2.21. The first kappa shape index (κ1) is 12.0. The Bertz CT molecular complexity index is 410. The normalized spacial score (nSPS) is 9.73. The number of hydrogen-bond donors (Lipinski definition) is 0. The Kier molecular flexibility index (Phi) is 4.11. The summed E-state index contributed by atoms with van der Waals surface area (Å²) >= 11 is 1.16. The Balaban J connectivity index is 3.39. The Morgan fingerprint density at radius 2 is 2.20 bits per heavy atom. The molecule has 1 heterocycles. The lowest BCUT2D eigenvalue weighted by atomic mass is 10.2. The van der Waals surface area contributed by atoms with Crippen molar-refractivity contribution in [3.8, 4) is 0 Å². The zero-order chi connectivity index (χ0) is 11.4. The molecule has 0 aliphatic rings. The van der Waals surface area contributed by atoms with Crippen molar-refractivity contribution in [3.63, 3.8) is 0 Å². The molecule has 0 saturated carbocycles. The minimum Gasteiger partial charge on any atom is -0.465 e. The largest absolute Gasteiger partial charge is 0.465 e. The molecule has 5 heteroatoms. The molecule has 0 aromatic carbocycles. The molecule has 1 aromatic heterocycles. The first-order valence-electron chi connectivity index (χ1n) is 3.98. The molecule has 80 valence electrons. The van der Waals surface area contributed by atoms with Gasteiger partial charge in [0.25, 0.3) is 0 Å². The quantitative estimate of drug-likeness (QED) is 0.754. The number of esters is 1. The smallest absolute Gasteiger partial charge is 0.349 e. The van der Waals surface area contributed by atoms with Crippen LogP contribution in [0.4, 0.5) is 3.89 Å². The van der Waals surface area contributed by atoms with Gasteiger partial charge in [-0.3, -0.25) is 0 Å². The Hall–Kier alpha value is -1.07. The van der Waals surface area contributed by atoms with Crippen LogP contribution in [-0.2, 0) is 4.74 Å². The molecule has 0 saturated heterocycles. The fraction of sp³-hybridized carbons (Fsp3) is 0.100. The standard InChI is InChI=1S/C10H9FO2S2/c1-4-6-7(5-2)14-9(8(6)15-11)10(12)13-3/h4-5H,1-2H2,3H3. The zero-order valence-electron chi connectivity index (χ0n) is 8.08. The molecule has 0 radical (unpaired) electrons. The first-order valence-corrected chi connectivity index (χ1v) is 5.51. The highest BCUT2D eigenvalue weighted by atomic mass is 32.2. The molecule has 0 amide bonds. The Labute approximate surface area is 95.7 Å². The highest BCUT2D eigenvalue weighted by molar-refractivity contribution is 7.94. The predicted octanol–water partition coefficient (Wildman–Crippen LogP) is 3.80. The molecule has 1 rings (SSSR count). The first-order chi connectivity index (χ1) is 7.19. The number of carbonyl (C=O) groups excluding carboxylic acids is 1. The molecule has 0 spiro atoms. The van der Waals surface area contributed by atoms with Gasteiger partial charge in [-0.15, -0.1) is 11.3 Å². The van der Waals surface area contributed by atoms with Gasteiger partial charge in [-0.25, -0.2) is 4.79 Å². The monoisotopic (exact) mass is 244 g/mol. The van der Waals surface area contributed by atoms with Crippen LogP contribution in [0.3, 0.4) is 0 Å². The summed E-state index contributed by atoms with van der Waals surface area (Å²) in [7, 11) is 1.26. The second kappa shape index (κ2) is 5.14. The fourth-order valence-electron chi connectivity index (χ4n) is 1.09. The average Bonchev–Trinajstić information content (AvgIpc) is 2.65. The number of thiophene rings is 1. The highest BCUT2D eigenvalue weighted by Crippen LogP contribution is 2.38. The third kappa shape index (κ3) is 2.13. The zero-order valence-corrected chi connectivity index (χ0v) is 9.71. The van der Waals surface area contributed by atoms with E-state index in [4.69, 9.17) is 0 Å². The summed E-state index contributed by atoms with van der Waals surface area (Å²) in [5.74, 6) is -0.545. The van der Waals surface area contributed by atoms with Crippen molar-refractivity contribution < 1.29 is 13.4 Å². The Morgan fingerprint density at radius 3 is 2.60 bits per heavy atom. The third-order valence-electron chi connectivity index (χ3n) is 1.77. The molecule has 2 nitrogen and oxygen atoms in total. The minimum atomic E-state index is -0.545. The third-order valence-corrected chi connectivity index (χ3v) is 3.65. The molecule has 0 aliphatic carbocycles. The maximum atomic E-state index is 12.7. The molecular formula is C10H9FO2S2. The lowest BCUT2D eigenvalue weighted by molar-refractivity contribution is 0.0602. The summed E-state index contributed by atoms with van der Waals surface area (Å²) in [6.45, 7) is 7.17. The molecule has 0 N–H and O–H groups in total. The summed E-state index contributed by atoms with van der Waals surface area (Å²) < 4.78 is 17.3. The average molecular weight is 244 g/mol. The van der Waals surface area contributed by atoms with Gasteiger partial charge in [0.2, 0.25) is 0 Å². The topological polar surface area (TPSA) is 26.3 Å². The number of carbonyl (C=O) groups is 1. The SMILES string of the molecule is C=Cc1sc(C(=O)OC)c(SF)c1C=C. The van der Waals surface area contributed by atoms with Crippen molar-refractivity contribution in [1.29, 1.82) is 0 Å². The number of halogens is 1. The van der Waals surface area contributed by atoms with Crippen LogP contribution in [0.25, 0.3) is 12.2 Å².